The zero-order valence-electron chi connectivity index (χ0n) is 5.66. The van der Waals surface area contributed by atoms with Crippen LogP contribution >= 0.6 is 7.94 Å². The Morgan fingerprint density at radius 2 is 2.00 bits per heavy atom. The van der Waals surface area contributed by atoms with E-state index in [0.29, 0.717) is 0 Å². The van der Waals surface area contributed by atoms with Gasteiger partial charge in [-0.05, 0) is 0 Å². The molecule has 0 aliphatic heterocycles. The summed E-state index contributed by atoms with van der Waals surface area (Å²) >= 11 is 0. The summed E-state index contributed by atoms with van der Waals surface area (Å²) in [6.07, 6.45) is -0.293. The van der Waals surface area contributed by atoms with E-state index < -0.39 is 7.94 Å². The van der Waals surface area contributed by atoms with Crippen LogP contribution in [0, 0.1) is 0 Å². The van der Waals surface area contributed by atoms with E-state index in [4.69, 9.17) is 14.7 Å². The molecule has 62 valence electrons. The monoisotopic (exact) mass is 169 g/mol. The van der Waals surface area contributed by atoms with Gasteiger partial charge in [-0.15, -0.1) is 0 Å². The van der Waals surface area contributed by atoms with Crippen molar-refractivity contribution in [1.82, 2.24) is 5.32 Å². The van der Waals surface area contributed by atoms with Crippen LogP contribution in [0.2, 0.25) is 0 Å². The van der Waals surface area contributed by atoms with Crippen molar-refractivity contribution in [2.24, 2.45) is 0 Å². The molecule has 0 heterocycles. The number of hydrogen-bond donors (Lipinski definition) is 4. The number of rotatable bonds is 3. The molecule has 0 rings (SSSR count). The quantitative estimate of drug-likeness (QED) is 0.391. The van der Waals surface area contributed by atoms with E-state index in [2.05, 4.69) is 5.32 Å². The fraction of sp³-hybridized carbons (Fsp3) is 0.750. The number of hydrogen-bond acceptors (Lipinski definition) is 4. The first-order valence-corrected chi connectivity index (χ1v) is 4.88. The Hall–Kier alpha value is -0.220. The number of carbonyl (C=O) groups excluding carboxylic acids is 1. The molecule has 0 radical (unpaired) electrons. The molecule has 0 saturated heterocycles. The third-order valence-electron chi connectivity index (χ3n) is 0.966. The van der Waals surface area contributed by atoms with Gasteiger partial charge in [0, 0.05) is 0 Å². The Morgan fingerprint density at radius 1 is 1.50 bits per heavy atom. The van der Waals surface area contributed by atoms with E-state index in [9.17, 15) is 4.79 Å². The third-order valence-corrected chi connectivity index (χ3v) is 1.89. The maximum absolute atomic E-state index is 10.4. The van der Waals surface area contributed by atoms with Crippen LogP contribution in [-0.2, 0) is 4.79 Å². The van der Waals surface area contributed by atoms with Crippen molar-refractivity contribution in [3.8, 4) is 0 Å². The van der Waals surface area contributed by atoms with Gasteiger partial charge >= 0.3 is 58.3 Å². The third kappa shape index (κ3) is 5.91. The average molecular weight is 169 g/mol. The van der Waals surface area contributed by atoms with Crippen molar-refractivity contribution in [2.45, 2.75) is 6.42 Å². The fourth-order valence-electron chi connectivity index (χ4n) is 0.406. The molecule has 0 spiro atoms. The van der Waals surface area contributed by atoms with Crippen LogP contribution in [0.15, 0.2) is 0 Å². The first-order chi connectivity index (χ1) is 4.45. The van der Waals surface area contributed by atoms with E-state index in [0.717, 1.165) is 0 Å². The second-order valence-corrected chi connectivity index (χ2v) is 4.00. The zero-order valence-corrected chi connectivity index (χ0v) is 6.66. The van der Waals surface area contributed by atoms with Gasteiger partial charge < -0.3 is 0 Å². The predicted octanol–water partition coefficient (Wildman–Crippen LogP) is -1.41. The van der Waals surface area contributed by atoms with Gasteiger partial charge in [0.25, 0.3) is 0 Å². The van der Waals surface area contributed by atoms with Crippen molar-refractivity contribution >= 4 is 13.9 Å². The number of amides is 1. The van der Waals surface area contributed by atoms with Crippen molar-refractivity contribution in [1.29, 1.82) is 0 Å². The molecular weight excluding hydrogens is 157 g/mol. The van der Waals surface area contributed by atoms with Gasteiger partial charge in [0.15, 0.2) is 0 Å². The summed E-state index contributed by atoms with van der Waals surface area (Å²) in [6.45, 7) is 0. The van der Waals surface area contributed by atoms with Crippen LogP contribution < -0.4 is 5.32 Å². The van der Waals surface area contributed by atoms with E-state index in [1.165, 1.54) is 7.05 Å². The van der Waals surface area contributed by atoms with Gasteiger partial charge in [0.2, 0.25) is 0 Å². The van der Waals surface area contributed by atoms with Crippen molar-refractivity contribution in [2.75, 3.05) is 13.2 Å². The molecule has 0 aliphatic carbocycles. The molecule has 0 aliphatic rings. The zero-order chi connectivity index (χ0) is 8.20. The second kappa shape index (κ2) is 3.83. The van der Waals surface area contributed by atoms with Crippen LogP contribution in [-0.4, -0.2) is 33.8 Å². The molecule has 0 unspecified atom stereocenters. The summed E-state index contributed by atoms with van der Waals surface area (Å²) in [5.41, 5.74) is 0. The van der Waals surface area contributed by atoms with Crippen molar-refractivity contribution in [3.63, 3.8) is 0 Å². The van der Waals surface area contributed by atoms with Crippen LogP contribution in [0.5, 0.6) is 0 Å². The molecule has 0 aromatic heterocycles. The fourth-order valence-corrected chi connectivity index (χ4v) is 0.969. The molecular formula is C4H12NO4P. The van der Waals surface area contributed by atoms with E-state index in [1.807, 2.05) is 0 Å². The minimum absolute atomic E-state index is 0.0494. The van der Waals surface area contributed by atoms with Crippen LogP contribution in [0.3, 0.4) is 0 Å². The molecule has 0 bridgehead atoms. The summed E-state index contributed by atoms with van der Waals surface area (Å²) in [5.74, 6) is -0.311. The van der Waals surface area contributed by atoms with Gasteiger partial charge in [0.1, 0.15) is 0 Å². The van der Waals surface area contributed by atoms with Crippen LogP contribution in [0.25, 0.3) is 0 Å². The SMILES string of the molecule is CNC(=O)CC[PH](O)(O)O. The molecule has 1 amide bonds. The first kappa shape index (κ1) is 9.78. The number of nitrogens with one attached hydrogen (secondary N) is 1. The Balaban J connectivity index is 3.46. The molecule has 0 saturated carbocycles. The molecule has 0 fully saturated rings. The van der Waals surface area contributed by atoms with Gasteiger partial charge in [0.05, 0.1) is 0 Å². The molecule has 6 heteroatoms. The van der Waals surface area contributed by atoms with Crippen molar-refractivity contribution in [3.05, 3.63) is 0 Å². The Kier molecular flexibility index (Phi) is 3.75. The Labute approximate surface area is 59.3 Å². The topological polar surface area (TPSA) is 89.8 Å². The minimum atomic E-state index is -4.00. The summed E-state index contributed by atoms with van der Waals surface area (Å²) in [7, 11) is -2.55. The molecule has 0 aromatic carbocycles. The van der Waals surface area contributed by atoms with Gasteiger partial charge in [-0.25, -0.2) is 0 Å². The van der Waals surface area contributed by atoms with Gasteiger partial charge in [-0.1, -0.05) is 0 Å². The molecule has 10 heavy (non-hydrogen) atoms. The average Bonchev–Trinajstić information content (AvgIpc) is 1.81. The second-order valence-electron chi connectivity index (χ2n) is 1.95. The van der Waals surface area contributed by atoms with Crippen LogP contribution in [0.4, 0.5) is 0 Å². The number of carbonyl (C=O) groups is 1. The normalized spacial score (nSPS) is 12.8. The first-order valence-electron chi connectivity index (χ1n) is 2.83. The van der Waals surface area contributed by atoms with E-state index >= 15 is 0 Å². The maximum atomic E-state index is 10.4. The van der Waals surface area contributed by atoms with E-state index in [1.54, 1.807) is 0 Å². The standard InChI is InChI=1S/C4H12NO4P/c1-5-4(6)2-3-10(7,8)9/h7-10H,2-3H2,1H3,(H,5,6). The van der Waals surface area contributed by atoms with Crippen molar-refractivity contribution < 1.29 is 19.5 Å². The van der Waals surface area contributed by atoms with Gasteiger partial charge in [-0.3, -0.25) is 0 Å². The molecule has 4 N–H and O–H groups in total. The molecule has 0 atom stereocenters. The Morgan fingerprint density at radius 3 is 2.30 bits per heavy atom. The molecule has 0 aromatic rings. The van der Waals surface area contributed by atoms with Gasteiger partial charge in [-0.2, -0.15) is 0 Å². The summed E-state index contributed by atoms with van der Waals surface area (Å²) in [5, 5.41) is 2.29. The predicted molar refractivity (Wildman–Crippen MR) is 38.5 cm³/mol. The summed E-state index contributed by atoms with van der Waals surface area (Å²) < 4.78 is 0. The van der Waals surface area contributed by atoms with E-state index in [-0.39, 0.29) is 18.5 Å². The Bertz CT molecular complexity index is 121. The summed E-state index contributed by atoms with van der Waals surface area (Å²) in [4.78, 5) is 35.7. The van der Waals surface area contributed by atoms with Crippen LogP contribution in [0.1, 0.15) is 6.42 Å². The molecule has 5 nitrogen and oxygen atoms in total. The summed E-state index contributed by atoms with van der Waals surface area (Å²) in [6, 6.07) is 0.